The number of nitrogens with one attached hydrogen (secondary N) is 2. The fourth-order valence-electron chi connectivity index (χ4n) is 1.95. The zero-order valence-corrected chi connectivity index (χ0v) is 20.1. The van der Waals surface area contributed by atoms with Crippen LogP contribution in [0, 0.1) is 5.92 Å². The van der Waals surface area contributed by atoms with Crippen molar-refractivity contribution in [1.29, 1.82) is 0 Å². The fraction of sp³-hybridized carbons (Fsp3) is 0.900. The molecule has 0 saturated carbocycles. The van der Waals surface area contributed by atoms with Gasteiger partial charge in [-0.25, -0.2) is 0 Å². The molecular weight excluding hydrogens is 411 g/mol. The summed E-state index contributed by atoms with van der Waals surface area (Å²) in [6, 6.07) is 0. The van der Waals surface area contributed by atoms with Crippen molar-refractivity contribution in [3.63, 3.8) is 0 Å². The van der Waals surface area contributed by atoms with E-state index in [-0.39, 0.29) is 36.1 Å². The van der Waals surface area contributed by atoms with Gasteiger partial charge in [0.05, 0.1) is 59.0 Å². The van der Waals surface area contributed by atoms with E-state index in [9.17, 15) is 9.59 Å². The molecule has 0 aromatic heterocycles. The molecule has 0 aliphatic heterocycles. The van der Waals surface area contributed by atoms with Crippen molar-refractivity contribution in [3.05, 3.63) is 0 Å². The van der Waals surface area contributed by atoms with Crippen molar-refractivity contribution in [2.45, 2.75) is 39.5 Å². The van der Waals surface area contributed by atoms with Gasteiger partial charge in [-0.2, -0.15) is 0 Å². The molecule has 0 aliphatic carbocycles. The molecule has 0 heterocycles. The molecule has 0 saturated heterocycles. The highest BCUT2D eigenvalue weighted by molar-refractivity contribution is 7.17. The van der Waals surface area contributed by atoms with Gasteiger partial charge in [-0.05, 0) is 13.8 Å². The van der Waals surface area contributed by atoms with Crippen LogP contribution >= 0.6 is 9.24 Å². The first-order valence-electron chi connectivity index (χ1n) is 10.6. The summed E-state index contributed by atoms with van der Waals surface area (Å²) in [6.07, 6.45) is 0.0403. The number of rotatable bonds is 20. The van der Waals surface area contributed by atoms with Gasteiger partial charge >= 0.3 is 0 Å². The Bertz CT molecular complexity index is 439. The van der Waals surface area contributed by atoms with Crippen molar-refractivity contribution in [1.82, 2.24) is 10.6 Å². The molecule has 9 nitrogen and oxygen atoms in total. The monoisotopic (exact) mass is 452 g/mol. The summed E-state index contributed by atoms with van der Waals surface area (Å²) in [5.74, 6) is -0.0983. The predicted octanol–water partition coefficient (Wildman–Crippen LogP) is 0.610. The Labute approximate surface area is 183 Å². The minimum absolute atomic E-state index is 0.00655. The highest BCUT2D eigenvalue weighted by Gasteiger charge is 2.09. The second-order valence-corrected chi connectivity index (χ2v) is 8.22. The van der Waals surface area contributed by atoms with E-state index in [0.717, 1.165) is 0 Å². The van der Waals surface area contributed by atoms with Crippen LogP contribution in [0.1, 0.15) is 27.7 Å². The summed E-state index contributed by atoms with van der Waals surface area (Å²) in [7, 11) is 2.67. The van der Waals surface area contributed by atoms with Crippen molar-refractivity contribution in [2.75, 3.05) is 72.6 Å². The number of carbonyl (C=O) groups is 2. The number of hydrogen-bond donors (Lipinski definition) is 2. The number of amides is 2. The first-order chi connectivity index (χ1) is 14.3. The molecule has 2 atom stereocenters. The van der Waals surface area contributed by atoms with Gasteiger partial charge in [0, 0.05) is 24.7 Å². The second-order valence-electron chi connectivity index (χ2n) is 7.28. The quantitative estimate of drug-likeness (QED) is 0.206. The summed E-state index contributed by atoms with van der Waals surface area (Å²) < 4.78 is 26.9. The van der Waals surface area contributed by atoms with Crippen molar-refractivity contribution >= 4 is 21.1 Å². The maximum atomic E-state index is 11.5. The molecular formula is C20H41N2O7P. The Kier molecular flexibility index (Phi) is 19.5. The van der Waals surface area contributed by atoms with Gasteiger partial charge in [0.1, 0.15) is 6.61 Å². The summed E-state index contributed by atoms with van der Waals surface area (Å²) >= 11 is 0. The highest BCUT2D eigenvalue weighted by Crippen LogP contribution is 2.00. The van der Waals surface area contributed by atoms with Crippen LogP contribution in [0.15, 0.2) is 0 Å². The molecule has 2 unspecified atom stereocenters. The number of ether oxygens (including phenoxy) is 5. The van der Waals surface area contributed by atoms with Crippen molar-refractivity contribution in [2.24, 2.45) is 5.92 Å². The minimum atomic E-state index is -0.143. The summed E-state index contributed by atoms with van der Waals surface area (Å²) in [6.45, 7) is 12.5. The Morgan fingerprint density at radius 1 is 0.800 bits per heavy atom. The third-order valence-corrected chi connectivity index (χ3v) is 4.06. The summed E-state index contributed by atoms with van der Waals surface area (Å²) in [5.41, 5.74) is 0.178. The maximum Gasteiger partial charge on any atom is 0.246 e. The van der Waals surface area contributed by atoms with Crippen LogP contribution in [0.3, 0.4) is 0 Å². The standard InChI is InChI=1S/C20H41N2O7P/c1-16(2)20(24)22-13-18(30)14-28-12-11-27-10-9-26-8-7-25-6-5-21-19(23)15-29-17(3)4/h16-18H,5-15,30H2,1-4H3,(H,21,23)(H,22,24). The third kappa shape index (κ3) is 20.4. The van der Waals surface area contributed by atoms with Crippen LogP contribution in [0.25, 0.3) is 0 Å². The van der Waals surface area contributed by atoms with E-state index in [4.69, 9.17) is 23.7 Å². The highest BCUT2D eigenvalue weighted by atomic mass is 31.0. The smallest absolute Gasteiger partial charge is 0.246 e. The molecule has 0 aliphatic rings. The SMILES string of the molecule is CC(C)OCC(=O)NCCOCCOCCOCCOCC(P)CNC(=O)C(C)C. The van der Waals surface area contributed by atoms with E-state index in [0.29, 0.717) is 65.9 Å². The number of hydrogen-bond acceptors (Lipinski definition) is 7. The van der Waals surface area contributed by atoms with Gasteiger partial charge < -0.3 is 34.3 Å². The molecule has 2 N–H and O–H groups in total. The molecule has 0 aromatic carbocycles. The molecule has 2 amide bonds. The zero-order chi connectivity index (χ0) is 22.6. The van der Waals surface area contributed by atoms with Crippen molar-refractivity contribution < 1.29 is 33.3 Å². The molecule has 0 fully saturated rings. The van der Waals surface area contributed by atoms with Crippen LogP contribution in [-0.4, -0.2) is 96.1 Å². The first kappa shape index (κ1) is 29.2. The van der Waals surface area contributed by atoms with Crippen molar-refractivity contribution in [3.8, 4) is 0 Å². The van der Waals surface area contributed by atoms with Gasteiger partial charge in [-0.3, -0.25) is 9.59 Å². The Morgan fingerprint density at radius 3 is 1.87 bits per heavy atom. The maximum absolute atomic E-state index is 11.5. The average molecular weight is 453 g/mol. The van der Waals surface area contributed by atoms with E-state index in [1.165, 1.54) is 0 Å². The lowest BCUT2D eigenvalue weighted by Gasteiger charge is -2.14. The van der Waals surface area contributed by atoms with Gasteiger partial charge in [0.2, 0.25) is 11.8 Å². The average Bonchev–Trinajstić information content (AvgIpc) is 2.70. The fourth-order valence-corrected chi connectivity index (χ4v) is 2.20. The zero-order valence-electron chi connectivity index (χ0n) is 18.9. The van der Waals surface area contributed by atoms with Gasteiger partial charge in [-0.1, -0.05) is 13.8 Å². The Morgan fingerprint density at radius 2 is 1.33 bits per heavy atom. The molecule has 0 bridgehead atoms. The van der Waals surface area contributed by atoms with E-state index in [2.05, 4.69) is 19.9 Å². The minimum Gasteiger partial charge on any atom is -0.378 e. The summed E-state index contributed by atoms with van der Waals surface area (Å²) in [5, 5.41) is 5.59. The molecule has 0 aromatic rings. The molecule has 0 radical (unpaired) electrons. The van der Waals surface area contributed by atoms with Gasteiger partial charge in [0.25, 0.3) is 0 Å². The number of carbonyl (C=O) groups excluding carboxylic acids is 2. The largest absolute Gasteiger partial charge is 0.378 e. The summed E-state index contributed by atoms with van der Waals surface area (Å²) in [4.78, 5) is 22.9. The topological polar surface area (TPSA) is 104 Å². The lowest BCUT2D eigenvalue weighted by molar-refractivity contribution is -0.127. The second kappa shape index (κ2) is 20.1. The van der Waals surface area contributed by atoms with Gasteiger partial charge in [0.15, 0.2) is 0 Å². The molecule has 178 valence electrons. The Balaban J connectivity index is 3.26. The van der Waals surface area contributed by atoms with Crippen LogP contribution in [-0.2, 0) is 33.3 Å². The lowest BCUT2D eigenvalue weighted by atomic mass is 10.2. The first-order valence-corrected chi connectivity index (χ1v) is 11.2. The lowest BCUT2D eigenvalue weighted by Crippen LogP contribution is -2.34. The van der Waals surface area contributed by atoms with E-state index >= 15 is 0 Å². The van der Waals surface area contributed by atoms with E-state index < -0.39 is 0 Å². The molecule has 30 heavy (non-hydrogen) atoms. The van der Waals surface area contributed by atoms with Crippen LogP contribution in [0.5, 0.6) is 0 Å². The van der Waals surface area contributed by atoms with Crippen LogP contribution < -0.4 is 10.6 Å². The molecule has 10 heteroatoms. The van der Waals surface area contributed by atoms with Crippen LogP contribution in [0.2, 0.25) is 0 Å². The Hall–Kier alpha value is -0.830. The molecule has 0 spiro atoms. The van der Waals surface area contributed by atoms with Crippen LogP contribution in [0.4, 0.5) is 0 Å². The van der Waals surface area contributed by atoms with E-state index in [1.54, 1.807) is 0 Å². The van der Waals surface area contributed by atoms with Gasteiger partial charge in [-0.15, -0.1) is 9.24 Å². The third-order valence-electron chi connectivity index (χ3n) is 3.63. The normalized spacial score (nSPS) is 12.4. The van der Waals surface area contributed by atoms with E-state index in [1.807, 2.05) is 27.7 Å². The predicted molar refractivity (Wildman–Crippen MR) is 119 cm³/mol. The molecule has 0 rings (SSSR count).